The number of benzene rings is 1. The second-order valence-corrected chi connectivity index (χ2v) is 5.07. The molecular weight excluding hydrogens is 273 g/mol. The lowest BCUT2D eigenvalue weighted by Crippen LogP contribution is -2.37. The van der Waals surface area contributed by atoms with E-state index in [-0.39, 0.29) is 5.82 Å². The number of nitrogens with zero attached hydrogens (tertiary/aromatic N) is 1. The number of halogens is 1. The Kier molecular flexibility index (Phi) is 8.32. The molecule has 0 spiro atoms. The monoisotopic (exact) mass is 293 g/mol. The summed E-state index contributed by atoms with van der Waals surface area (Å²) in [7, 11) is 0. The number of terminal acetylenes is 1. The number of rotatable bonds is 7. The first-order valence-corrected chi connectivity index (χ1v) is 7.70. The maximum Gasteiger partial charge on any atom is 0.192 e. The molecule has 0 aromatic heterocycles. The highest BCUT2D eigenvalue weighted by Gasteiger charge is 2.00. The second-order valence-electron chi connectivity index (χ2n) is 3.96. The van der Waals surface area contributed by atoms with Crippen LogP contribution in [0, 0.1) is 18.2 Å². The summed E-state index contributed by atoms with van der Waals surface area (Å²) in [4.78, 5) is 4.39. The fraction of sp³-hybridized carbons (Fsp3) is 0.400. The van der Waals surface area contributed by atoms with Crippen LogP contribution in [0.2, 0.25) is 0 Å². The fourth-order valence-corrected chi connectivity index (χ4v) is 2.31. The summed E-state index contributed by atoms with van der Waals surface area (Å²) >= 11 is 1.66. The van der Waals surface area contributed by atoms with Crippen LogP contribution in [0.25, 0.3) is 0 Å². The van der Waals surface area contributed by atoms with Crippen LogP contribution in [0.15, 0.2) is 29.3 Å². The molecule has 3 nitrogen and oxygen atoms in total. The number of guanidine groups is 1. The molecule has 0 heterocycles. The van der Waals surface area contributed by atoms with E-state index in [0.717, 1.165) is 23.8 Å². The molecule has 0 fully saturated rings. The van der Waals surface area contributed by atoms with E-state index in [2.05, 4.69) is 21.5 Å². The average molecular weight is 293 g/mol. The zero-order valence-electron chi connectivity index (χ0n) is 11.7. The molecule has 0 unspecified atom stereocenters. The van der Waals surface area contributed by atoms with E-state index in [1.54, 1.807) is 17.8 Å². The van der Waals surface area contributed by atoms with Gasteiger partial charge >= 0.3 is 0 Å². The third-order valence-corrected chi connectivity index (χ3v) is 3.41. The fourth-order valence-electron chi connectivity index (χ4n) is 1.50. The lowest BCUT2D eigenvalue weighted by molar-refractivity contribution is 0.617. The van der Waals surface area contributed by atoms with E-state index in [1.807, 2.05) is 19.1 Å². The lowest BCUT2D eigenvalue weighted by Gasteiger charge is -2.08. The SMILES string of the molecule is C#CCNC(=NCCSCc1ccccc1F)NCC. The van der Waals surface area contributed by atoms with Crippen LogP contribution in [-0.4, -0.2) is 31.3 Å². The standard InChI is InChI=1S/C15H20FN3S/c1-3-9-18-15(17-4-2)19-10-11-20-12-13-7-5-6-8-14(13)16/h1,5-8H,4,9-12H2,2H3,(H2,17,18,19). The Morgan fingerprint density at radius 2 is 2.20 bits per heavy atom. The zero-order valence-corrected chi connectivity index (χ0v) is 12.5. The van der Waals surface area contributed by atoms with Crippen molar-refractivity contribution in [2.45, 2.75) is 12.7 Å². The molecule has 0 amide bonds. The molecule has 0 saturated carbocycles. The zero-order chi connectivity index (χ0) is 14.6. The smallest absolute Gasteiger partial charge is 0.192 e. The van der Waals surface area contributed by atoms with Gasteiger partial charge in [-0.05, 0) is 18.6 Å². The molecule has 2 N–H and O–H groups in total. The first kappa shape index (κ1) is 16.4. The summed E-state index contributed by atoms with van der Waals surface area (Å²) in [5.41, 5.74) is 0.735. The van der Waals surface area contributed by atoms with Gasteiger partial charge in [-0.3, -0.25) is 4.99 Å². The van der Waals surface area contributed by atoms with Crippen LogP contribution in [0.5, 0.6) is 0 Å². The molecule has 0 atom stereocenters. The summed E-state index contributed by atoms with van der Waals surface area (Å²) in [6.07, 6.45) is 5.19. The van der Waals surface area contributed by atoms with Gasteiger partial charge < -0.3 is 10.6 Å². The molecule has 0 bridgehead atoms. The van der Waals surface area contributed by atoms with Gasteiger partial charge in [0.2, 0.25) is 0 Å². The molecular formula is C15H20FN3S. The number of thioether (sulfide) groups is 1. The van der Waals surface area contributed by atoms with Gasteiger partial charge in [-0.15, -0.1) is 6.42 Å². The molecule has 0 radical (unpaired) electrons. The van der Waals surface area contributed by atoms with Crippen LogP contribution < -0.4 is 10.6 Å². The van der Waals surface area contributed by atoms with Gasteiger partial charge in [-0.25, -0.2) is 4.39 Å². The molecule has 0 aliphatic rings. The third kappa shape index (κ3) is 6.48. The minimum absolute atomic E-state index is 0.146. The van der Waals surface area contributed by atoms with E-state index in [0.29, 0.717) is 18.8 Å². The maximum absolute atomic E-state index is 13.4. The van der Waals surface area contributed by atoms with E-state index in [9.17, 15) is 4.39 Å². The molecule has 1 aromatic carbocycles. The van der Waals surface area contributed by atoms with E-state index in [1.165, 1.54) is 6.07 Å². The first-order chi connectivity index (χ1) is 9.77. The van der Waals surface area contributed by atoms with Crippen LogP contribution in [-0.2, 0) is 5.75 Å². The van der Waals surface area contributed by atoms with Gasteiger partial charge in [0.15, 0.2) is 5.96 Å². The van der Waals surface area contributed by atoms with Gasteiger partial charge in [-0.2, -0.15) is 11.8 Å². The van der Waals surface area contributed by atoms with Crippen molar-refractivity contribution in [3.8, 4) is 12.3 Å². The van der Waals surface area contributed by atoms with Gasteiger partial charge in [-0.1, -0.05) is 24.1 Å². The van der Waals surface area contributed by atoms with Crippen molar-refractivity contribution in [1.29, 1.82) is 0 Å². The quantitative estimate of drug-likeness (QED) is 0.350. The van der Waals surface area contributed by atoms with Crippen molar-refractivity contribution in [1.82, 2.24) is 10.6 Å². The number of hydrogen-bond donors (Lipinski definition) is 2. The highest BCUT2D eigenvalue weighted by atomic mass is 32.2. The topological polar surface area (TPSA) is 36.4 Å². The molecule has 0 aliphatic carbocycles. The summed E-state index contributed by atoms with van der Waals surface area (Å²) < 4.78 is 13.4. The summed E-state index contributed by atoms with van der Waals surface area (Å²) in [5.74, 6) is 4.58. The largest absolute Gasteiger partial charge is 0.357 e. The highest BCUT2D eigenvalue weighted by Crippen LogP contribution is 2.14. The Morgan fingerprint density at radius 1 is 1.40 bits per heavy atom. The van der Waals surface area contributed by atoms with Gasteiger partial charge in [0.25, 0.3) is 0 Å². The minimum Gasteiger partial charge on any atom is -0.357 e. The molecule has 0 aliphatic heterocycles. The highest BCUT2D eigenvalue weighted by molar-refractivity contribution is 7.98. The van der Waals surface area contributed by atoms with Crippen molar-refractivity contribution >= 4 is 17.7 Å². The van der Waals surface area contributed by atoms with Crippen LogP contribution >= 0.6 is 11.8 Å². The number of aliphatic imine (C=N–C) groups is 1. The Morgan fingerprint density at radius 3 is 2.90 bits per heavy atom. The van der Waals surface area contributed by atoms with E-state index in [4.69, 9.17) is 6.42 Å². The van der Waals surface area contributed by atoms with Gasteiger partial charge in [0, 0.05) is 18.1 Å². The van der Waals surface area contributed by atoms with Crippen molar-refractivity contribution < 1.29 is 4.39 Å². The van der Waals surface area contributed by atoms with Crippen LogP contribution in [0.3, 0.4) is 0 Å². The Labute approximate surface area is 124 Å². The molecule has 20 heavy (non-hydrogen) atoms. The van der Waals surface area contributed by atoms with Crippen molar-refractivity contribution in [3.05, 3.63) is 35.6 Å². The molecule has 5 heteroatoms. The molecule has 1 rings (SSSR count). The summed E-state index contributed by atoms with van der Waals surface area (Å²) in [5, 5.41) is 6.13. The van der Waals surface area contributed by atoms with Gasteiger partial charge in [0.1, 0.15) is 5.82 Å². The maximum atomic E-state index is 13.4. The average Bonchev–Trinajstić information content (AvgIpc) is 2.46. The Hall–Kier alpha value is -1.67. The Balaban J connectivity index is 2.29. The van der Waals surface area contributed by atoms with E-state index >= 15 is 0 Å². The van der Waals surface area contributed by atoms with Gasteiger partial charge in [0.05, 0.1) is 13.1 Å². The number of hydrogen-bond acceptors (Lipinski definition) is 2. The number of nitrogens with one attached hydrogen (secondary N) is 2. The lowest BCUT2D eigenvalue weighted by atomic mass is 10.2. The first-order valence-electron chi connectivity index (χ1n) is 6.54. The normalized spacial score (nSPS) is 10.9. The predicted molar refractivity (Wildman–Crippen MR) is 85.4 cm³/mol. The second kappa shape index (κ2) is 10.2. The molecule has 1 aromatic rings. The molecule has 108 valence electrons. The van der Waals surface area contributed by atoms with Crippen LogP contribution in [0.1, 0.15) is 12.5 Å². The molecule has 0 saturated heterocycles. The summed E-state index contributed by atoms with van der Waals surface area (Å²) in [6.45, 7) is 3.91. The summed E-state index contributed by atoms with van der Waals surface area (Å²) in [6, 6.07) is 6.85. The van der Waals surface area contributed by atoms with E-state index < -0.39 is 0 Å². The van der Waals surface area contributed by atoms with Crippen LogP contribution in [0.4, 0.5) is 4.39 Å². The Bertz CT molecular complexity index is 468. The van der Waals surface area contributed by atoms with Crippen molar-refractivity contribution in [2.24, 2.45) is 4.99 Å². The third-order valence-electron chi connectivity index (χ3n) is 2.42. The predicted octanol–water partition coefficient (Wildman–Crippen LogP) is 2.25. The van der Waals surface area contributed by atoms with Crippen molar-refractivity contribution in [3.63, 3.8) is 0 Å². The van der Waals surface area contributed by atoms with Crippen molar-refractivity contribution in [2.75, 3.05) is 25.4 Å². The minimum atomic E-state index is -0.146.